The van der Waals surface area contributed by atoms with Crippen molar-refractivity contribution in [3.05, 3.63) is 38.9 Å². The van der Waals surface area contributed by atoms with Crippen molar-refractivity contribution in [1.82, 2.24) is 0 Å². The molecule has 0 aliphatic carbocycles. The molecular weight excluding hydrogens is 255 g/mol. The molecule has 0 amide bonds. The minimum atomic E-state index is -5.05. The molecule has 0 bridgehead atoms. The van der Waals surface area contributed by atoms with Crippen molar-refractivity contribution in [1.29, 1.82) is 0 Å². The van der Waals surface area contributed by atoms with E-state index in [1.54, 1.807) is 0 Å². The molecule has 1 aromatic carbocycles. The Morgan fingerprint density at radius 1 is 1.39 bits per heavy atom. The van der Waals surface area contributed by atoms with Crippen LogP contribution in [0.4, 0.5) is 18.9 Å². The van der Waals surface area contributed by atoms with E-state index in [-0.39, 0.29) is 11.8 Å². The van der Waals surface area contributed by atoms with E-state index in [0.717, 1.165) is 6.92 Å². The Balaban J connectivity index is 3.78. The fourth-order valence-electron chi connectivity index (χ4n) is 1.44. The van der Waals surface area contributed by atoms with Gasteiger partial charge < -0.3 is 0 Å². The van der Waals surface area contributed by atoms with E-state index in [1.807, 2.05) is 0 Å². The van der Waals surface area contributed by atoms with Gasteiger partial charge >= 0.3 is 6.18 Å². The number of nitrogens with zero attached hydrogens (tertiary/aromatic N) is 1. The Bertz CT molecular complexity index is 501. The number of nitro groups is 1. The van der Waals surface area contributed by atoms with Gasteiger partial charge in [-0.25, -0.2) is 0 Å². The number of hydrogen-bond donors (Lipinski definition) is 0. The van der Waals surface area contributed by atoms with Crippen molar-refractivity contribution in [2.24, 2.45) is 0 Å². The van der Waals surface area contributed by atoms with Crippen LogP contribution in [0, 0.1) is 10.1 Å². The van der Waals surface area contributed by atoms with Crippen molar-refractivity contribution in [3.63, 3.8) is 0 Å². The van der Waals surface area contributed by atoms with Crippen LogP contribution in [0.1, 0.15) is 33.2 Å². The van der Waals surface area contributed by atoms with E-state index >= 15 is 0 Å². The smallest absolute Gasteiger partial charge is 0.298 e. The molecule has 0 spiro atoms. The third-order valence-electron chi connectivity index (χ3n) is 2.14. The molecule has 0 aliphatic rings. The minimum absolute atomic E-state index is 0.138. The van der Waals surface area contributed by atoms with Gasteiger partial charge in [-0.15, -0.1) is 0 Å². The fraction of sp³-hybridized carbons (Fsp3) is 0.200. The van der Waals surface area contributed by atoms with Crippen LogP contribution in [0.25, 0.3) is 0 Å². The summed E-state index contributed by atoms with van der Waals surface area (Å²) in [7, 11) is 0. The highest BCUT2D eigenvalue weighted by atomic mass is 19.4. The molecule has 5 nitrogen and oxygen atoms in total. The number of aldehydes is 1. The third kappa shape index (κ3) is 2.53. The Morgan fingerprint density at radius 3 is 2.28 bits per heavy atom. The summed E-state index contributed by atoms with van der Waals surface area (Å²) >= 11 is 0. The van der Waals surface area contributed by atoms with E-state index in [0.29, 0.717) is 12.1 Å². The molecule has 0 atom stereocenters. The summed E-state index contributed by atoms with van der Waals surface area (Å²) in [6.07, 6.45) is -4.91. The molecule has 0 saturated heterocycles. The number of Topliss-reactive ketones (excluding diaryl/α,β-unsaturated/α-hetero) is 1. The maximum Gasteiger partial charge on any atom is 0.423 e. The highest BCUT2D eigenvalue weighted by molar-refractivity contribution is 5.98. The maximum atomic E-state index is 12.7. The molecule has 0 heterocycles. The number of carbonyl (C=O) groups excluding carboxylic acids is 2. The summed E-state index contributed by atoms with van der Waals surface area (Å²) in [5, 5.41) is 10.6. The van der Waals surface area contributed by atoms with E-state index in [1.165, 1.54) is 0 Å². The van der Waals surface area contributed by atoms with Crippen molar-refractivity contribution in [3.8, 4) is 0 Å². The van der Waals surface area contributed by atoms with Gasteiger partial charge in [-0.05, 0) is 13.0 Å². The van der Waals surface area contributed by atoms with E-state index in [9.17, 15) is 32.9 Å². The highest BCUT2D eigenvalue weighted by Gasteiger charge is 2.42. The van der Waals surface area contributed by atoms with Gasteiger partial charge in [0.25, 0.3) is 5.69 Å². The normalized spacial score (nSPS) is 11.1. The van der Waals surface area contributed by atoms with Gasteiger partial charge in [-0.1, -0.05) is 0 Å². The molecule has 0 saturated carbocycles. The van der Waals surface area contributed by atoms with Gasteiger partial charge in [0.15, 0.2) is 5.78 Å². The molecular formula is C10H6F3NO4. The number of benzene rings is 1. The number of nitro benzene ring substituents is 1. The second-order valence-electron chi connectivity index (χ2n) is 3.39. The lowest BCUT2D eigenvalue weighted by Gasteiger charge is -2.11. The summed E-state index contributed by atoms with van der Waals surface area (Å²) < 4.78 is 38.2. The summed E-state index contributed by atoms with van der Waals surface area (Å²) in [5.41, 5.74) is -4.19. The first-order chi connectivity index (χ1) is 8.18. The molecule has 1 aromatic rings. The zero-order valence-corrected chi connectivity index (χ0v) is 8.95. The van der Waals surface area contributed by atoms with Gasteiger partial charge in [-0.3, -0.25) is 19.7 Å². The minimum Gasteiger partial charge on any atom is -0.298 e. The highest BCUT2D eigenvalue weighted by Crippen LogP contribution is 2.39. The summed E-state index contributed by atoms with van der Waals surface area (Å²) in [4.78, 5) is 30.9. The van der Waals surface area contributed by atoms with E-state index in [2.05, 4.69) is 0 Å². The predicted octanol–water partition coefficient (Wildman–Crippen LogP) is 2.63. The number of rotatable bonds is 3. The third-order valence-corrected chi connectivity index (χ3v) is 2.14. The molecule has 8 heteroatoms. The van der Waals surface area contributed by atoms with Crippen molar-refractivity contribution in [2.45, 2.75) is 13.1 Å². The molecule has 0 aromatic heterocycles. The molecule has 0 aliphatic heterocycles. The van der Waals surface area contributed by atoms with Crippen LogP contribution >= 0.6 is 0 Å². The first-order valence-corrected chi connectivity index (χ1v) is 4.54. The fourth-order valence-corrected chi connectivity index (χ4v) is 1.44. The number of hydrogen-bond acceptors (Lipinski definition) is 4. The molecule has 0 radical (unpaired) electrons. The summed E-state index contributed by atoms with van der Waals surface area (Å²) in [5.74, 6) is -1.01. The molecule has 18 heavy (non-hydrogen) atoms. The van der Waals surface area contributed by atoms with Gasteiger partial charge in [-0.2, -0.15) is 13.2 Å². The topological polar surface area (TPSA) is 77.3 Å². The first kappa shape index (κ1) is 13.8. The number of alkyl halides is 3. The Labute approximate surface area is 98.4 Å². The average molecular weight is 261 g/mol. The van der Waals surface area contributed by atoms with Gasteiger partial charge in [0.05, 0.1) is 4.92 Å². The summed E-state index contributed by atoms with van der Waals surface area (Å²) in [6.45, 7) is 0.836. The number of ketones is 1. The van der Waals surface area contributed by atoms with Crippen LogP contribution in [0.15, 0.2) is 12.1 Å². The second-order valence-corrected chi connectivity index (χ2v) is 3.39. The molecule has 0 fully saturated rings. The zero-order chi connectivity index (χ0) is 14.1. The van der Waals surface area contributed by atoms with Crippen LogP contribution in [0.3, 0.4) is 0 Å². The van der Waals surface area contributed by atoms with E-state index < -0.39 is 33.7 Å². The van der Waals surface area contributed by atoms with Crippen LogP contribution < -0.4 is 0 Å². The Kier molecular flexibility index (Phi) is 3.49. The van der Waals surface area contributed by atoms with Crippen molar-refractivity contribution >= 4 is 17.8 Å². The molecule has 96 valence electrons. The van der Waals surface area contributed by atoms with Crippen molar-refractivity contribution in [2.75, 3.05) is 0 Å². The standard InChI is InChI=1S/C10H6F3NO4/c1-5(16)7-2-6(4-15)3-8(14(17)18)9(7)10(11,12)13/h2-4H,1H3. The lowest BCUT2D eigenvalue weighted by Crippen LogP contribution is -2.15. The van der Waals surface area contributed by atoms with Gasteiger partial charge in [0, 0.05) is 17.2 Å². The number of carbonyl (C=O) groups is 2. The Morgan fingerprint density at radius 2 is 1.94 bits per heavy atom. The maximum absolute atomic E-state index is 12.7. The Hall–Kier alpha value is -2.25. The average Bonchev–Trinajstić information content (AvgIpc) is 2.25. The molecule has 1 rings (SSSR count). The lowest BCUT2D eigenvalue weighted by molar-refractivity contribution is -0.388. The largest absolute Gasteiger partial charge is 0.423 e. The monoisotopic (exact) mass is 261 g/mol. The van der Waals surface area contributed by atoms with E-state index in [4.69, 9.17) is 0 Å². The van der Waals surface area contributed by atoms with Gasteiger partial charge in [0.2, 0.25) is 0 Å². The second kappa shape index (κ2) is 4.55. The SMILES string of the molecule is CC(=O)c1cc(C=O)cc([N+](=O)[O-])c1C(F)(F)F. The van der Waals surface area contributed by atoms with Crippen LogP contribution in [-0.4, -0.2) is 17.0 Å². The lowest BCUT2D eigenvalue weighted by atomic mass is 9.99. The van der Waals surface area contributed by atoms with Crippen molar-refractivity contribution < 1.29 is 27.7 Å². The summed E-state index contributed by atoms with van der Waals surface area (Å²) in [6, 6.07) is 1.17. The van der Waals surface area contributed by atoms with Crippen LogP contribution in [-0.2, 0) is 6.18 Å². The quantitative estimate of drug-likeness (QED) is 0.362. The van der Waals surface area contributed by atoms with Gasteiger partial charge in [0.1, 0.15) is 11.8 Å². The molecule has 0 N–H and O–H groups in total. The predicted molar refractivity (Wildman–Crippen MR) is 53.5 cm³/mol. The molecule has 0 unspecified atom stereocenters. The number of halogens is 3. The van der Waals surface area contributed by atoms with Crippen LogP contribution in [0.5, 0.6) is 0 Å². The zero-order valence-electron chi connectivity index (χ0n) is 8.95. The first-order valence-electron chi connectivity index (χ1n) is 4.54. The van der Waals surface area contributed by atoms with Crippen LogP contribution in [0.2, 0.25) is 0 Å².